The summed E-state index contributed by atoms with van der Waals surface area (Å²) in [5, 5.41) is 5.68. The van der Waals surface area contributed by atoms with E-state index >= 15 is 0 Å². The monoisotopic (exact) mass is 369 g/mol. The van der Waals surface area contributed by atoms with E-state index < -0.39 is 11.6 Å². The number of rotatable bonds is 6. The number of anilines is 2. The molecule has 0 spiro atoms. The Morgan fingerprint density at radius 3 is 2.37 bits per heavy atom. The van der Waals surface area contributed by atoms with Gasteiger partial charge >= 0.3 is 0 Å². The van der Waals surface area contributed by atoms with E-state index in [1.165, 1.54) is 12.3 Å². The van der Waals surface area contributed by atoms with Gasteiger partial charge in [0.15, 0.2) is 11.6 Å². The van der Waals surface area contributed by atoms with E-state index in [-0.39, 0.29) is 11.6 Å². The van der Waals surface area contributed by atoms with Crippen LogP contribution >= 0.6 is 0 Å². The van der Waals surface area contributed by atoms with E-state index in [4.69, 9.17) is 4.74 Å². The summed E-state index contributed by atoms with van der Waals surface area (Å²) >= 11 is 0. The van der Waals surface area contributed by atoms with E-state index in [2.05, 4.69) is 15.6 Å². The second-order valence-corrected chi connectivity index (χ2v) is 5.72. The molecule has 3 aromatic rings. The zero-order valence-corrected chi connectivity index (χ0v) is 14.5. The van der Waals surface area contributed by atoms with Crippen LogP contribution in [-0.4, -0.2) is 18.0 Å². The van der Waals surface area contributed by atoms with E-state index in [9.17, 15) is 13.6 Å². The first-order valence-corrected chi connectivity index (χ1v) is 8.14. The quantitative estimate of drug-likeness (QED) is 0.688. The van der Waals surface area contributed by atoms with Crippen molar-refractivity contribution in [2.24, 2.45) is 0 Å². The summed E-state index contributed by atoms with van der Waals surface area (Å²) in [6.07, 6.45) is 1.45. The number of methoxy groups -OCH3 is 1. The fourth-order valence-electron chi connectivity index (χ4n) is 2.36. The predicted octanol–water partition coefficient (Wildman–Crippen LogP) is 4.04. The number of carbonyl (C=O) groups is 1. The van der Waals surface area contributed by atoms with E-state index in [1.807, 2.05) is 24.3 Å². The first-order chi connectivity index (χ1) is 13.0. The maximum absolute atomic E-state index is 13.2. The summed E-state index contributed by atoms with van der Waals surface area (Å²) in [7, 11) is 1.59. The third-order valence-corrected chi connectivity index (χ3v) is 3.82. The fourth-order valence-corrected chi connectivity index (χ4v) is 2.36. The predicted molar refractivity (Wildman–Crippen MR) is 98.0 cm³/mol. The molecule has 0 unspecified atom stereocenters. The summed E-state index contributed by atoms with van der Waals surface area (Å²) < 4.78 is 31.3. The molecule has 2 N–H and O–H groups in total. The molecular weight excluding hydrogens is 352 g/mol. The molecule has 1 amide bonds. The Balaban J connectivity index is 1.58. The van der Waals surface area contributed by atoms with Crippen molar-refractivity contribution in [3.05, 3.63) is 83.7 Å². The van der Waals surface area contributed by atoms with E-state index in [0.29, 0.717) is 17.9 Å². The number of nitrogens with one attached hydrogen (secondary N) is 2. The van der Waals surface area contributed by atoms with Crippen LogP contribution in [0, 0.1) is 11.6 Å². The summed E-state index contributed by atoms with van der Waals surface area (Å²) in [4.78, 5) is 16.3. The Hall–Kier alpha value is -3.48. The van der Waals surface area contributed by atoms with Gasteiger partial charge in [-0.3, -0.25) is 4.79 Å². The number of aromatic nitrogens is 1. The van der Waals surface area contributed by atoms with Crippen molar-refractivity contribution in [3.8, 4) is 5.75 Å². The van der Waals surface area contributed by atoms with Gasteiger partial charge in [0.05, 0.1) is 19.0 Å². The van der Waals surface area contributed by atoms with Crippen molar-refractivity contribution < 1.29 is 18.3 Å². The lowest BCUT2D eigenvalue weighted by atomic mass is 10.2. The molecule has 0 fully saturated rings. The van der Waals surface area contributed by atoms with Crippen LogP contribution < -0.4 is 15.4 Å². The van der Waals surface area contributed by atoms with Crippen LogP contribution in [0.1, 0.15) is 16.1 Å². The van der Waals surface area contributed by atoms with Gasteiger partial charge in [0.1, 0.15) is 11.4 Å². The van der Waals surface area contributed by atoms with Crippen molar-refractivity contribution in [3.63, 3.8) is 0 Å². The lowest BCUT2D eigenvalue weighted by molar-refractivity contribution is 0.0946. The molecule has 1 aromatic heterocycles. The zero-order valence-electron chi connectivity index (χ0n) is 14.5. The van der Waals surface area contributed by atoms with Gasteiger partial charge in [0.25, 0.3) is 5.91 Å². The number of benzene rings is 2. The number of nitrogens with zero attached hydrogens (tertiary/aromatic N) is 1. The summed E-state index contributed by atoms with van der Waals surface area (Å²) in [5.74, 6) is -1.42. The van der Waals surface area contributed by atoms with Crippen LogP contribution in [0.25, 0.3) is 0 Å². The Morgan fingerprint density at radius 2 is 1.74 bits per heavy atom. The van der Waals surface area contributed by atoms with Crippen LogP contribution in [0.5, 0.6) is 5.75 Å². The molecule has 0 radical (unpaired) electrons. The number of hydrogen-bond acceptors (Lipinski definition) is 4. The highest BCUT2D eigenvalue weighted by molar-refractivity contribution is 5.92. The molecule has 0 aliphatic carbocycles. The first kappa shape index (κ1) is 18.3. The second-order valence-electron chi connectivity index (χ2n) is 5.72. The van der Waals surface area contributed by atoms with Gasteiger partial charge in [0.2, 0.25) is 0 Å². The molecule has 0 atom stereocenters. The lowest BCUT2D eigenvalue weighted by Gasteiger charge is -2.08. The Labute approximate surface area is 155 Å². The maximum atomic E-state index is 13.2. The minimum absolute atomic E-state index is 0.249. The fraction of sp³-hybridized carbons (Fsp3) is 0.100. The van der Waals surface area contributed by atoms with Crippen molar-refractivity contribution in [2.45, 2.75) is 6.54 Å². The highest BCUT2D eigenvalue weighted by atomic mass is 19.2. The SMILES string of the molecule is COc1ccc(CNC(=O)c2ccc(Nc3ccc(F)c(F)c3)cn2)cc1. The highest BCUT2D eigenvalue weighted by Crippen LogP contribution is 2.18. The summed E-state index contributed by atoms with van der Waals surface area (Å²) in [6, 6.07) is 14.0. The molecule has 2 aromatic carbocycles. The topological polar surface area (TPSA) is 63.2 Å². The molecule has 27 heavy (non-hydrogen) atoms. The zero-order chi connectivity index (χ0) is 19.2. The largest absolute Gasteiger partial charge is 0.497 e. The second kappa shape index (κ2) is 8.27. The molecule has 0 aliphatic heterocycles. The summed E-state index contributed by atoms with van der Waals surface area (Å²) in [6.45, 7) is 0.360. The van der Waals surface area contributed by atoms with Gasteiger partial charge in [-0.25, -0.2) is 13.8 Å². The standard InChI is InChI=1S/C20H17F2N3O2/c1-27-16-6-2-13(3-7-16)11-24-20(26)19-9-5-15(12-23-19)25-14-4-8-17(21)18(22)10-14/h2-10,12,25H,11H2,1H3,(H,24,26). The van der Waals surface area contributed by atoms with Gasteiger partial charge in [-0.1, -0.05) is 12.1 Å². The molecule has 0 saturated carbocycles. The van der Waals surface area contributed by atoms with Gasteiger partial charge in [-0.2, -0.15) is 0 Å². The molecular formula is C20H17F2N3O2. The Morgan fingerprint density at radius 1 is 1.00 bits per heavy atom. The number of ether oxygens (including phenoxy) is 1. The minimum atomic E-state index is -0.942. The number of halogens is 2. The van der Waals surface area contributed by atoms with Gasteiger partial charge in [-0.05, 0) is 42.0 Å². The molecule has 7 heteroatoms. The molecule has 1 heterocycles. The maximum Gasteiger partial charge on any atom is 0.270 e. The van der Waals surface area contributed by atoms with Crippen LogP contribution in [0.15, 0.2) is 60.8 Å². The molecule has 5 nitrogen and oxygen atoms in total. The number of carbonyl (C=O) groups excluding carboxylic acids is 1. The van der Waals surface area contributed by atoms with Crippen LogP contribution in [0.2, 0.25) is 0 Å². The first-order valence-electron chi connectivity index (χ1n) is 8.14. The average Bonchev–Trinajstić information content (AvgIpc) is 2.70. The smallest absolute Gasteiger partial charge is 0.270 e. The van der Waals surface area contributed by atoms with Crippen molar-refractivity contribution in [2.75, 3.05) is 12.4 Å². The normalized spacial score (nSPS) is 10.3. The van der Waals surface area contributed by atoms with E-state index in [1.54, 1.807) is 19.2 Å². The van der Waals surface area contributed by atoms with Crippen LogP contribution in [-0.2, 0) is 6.54 Å². The van der Waals surface area contributed by atoms with E-state index in [0.717, 1.165) is 23.4 Å². The number of amides is 1. The molecule has 138 valence electrons. The molecule has 0 saturated heterocycles. The van der Waals surface area contributed by atoms with Gasteiger partial charge in [0, 0.05) is 18.3 Å². The molecule has 0 aliphatic rings. The third-order valence-electron chi connectivity index (χ3n) is 3.82. The third kappa shape index (κ3) is 4.78. The number of pyridine rings is 1. The Bertz CT molecular complexity index is 929. The van der Waals surface area contributed by atoms with Gasteiger partial charge in [-0.15, -0.1) is 0 Å². The molecule has 3 rings (SSSR count). The molecule has 0 bridgehead atoms. The van der Waals surface area contributed by atoms with Crippen molar-refractivity contribution in [1.29, 1.82) is 0 Å². The highest BCUT2D eigenvalue weighted by Gasteiger charge is 2.08. The summed E-state index contributed by atoms with van der Waals surface area (Å²) in [5.41, 5.74) is 2.11. The lowest BCUT2D eigenvalue weighted by Crippen LogP contribution is -2.23. The Kier molecular flexibility index (Phi) is 5.61. The minimum Gasteiger partial charge on any atom is -0.497 e. The van der Waals surface area contributed by atoms with Crippen molar-refractivity contribution in [1.82, 2.24) is 10.3 Å². The van der Waals surface area contributed by atoms with Crippen LogP contribution in [0.4, 0.5) is 20.2 Å². The van der Waals surface area contributed by atoms with Crippen molar-refractivity contribution >= 4 is 17.3 Å². The van der Waals surface area contributed by atoms with Gasteiger partial charge < -0.3 is 15.4 Å². The van der Waals surface area contributed by atoms with Crippen LogP contribution in [0.3, 0.4) is 0 Å². The average molecular weight is 369 g/mol. The number of hydrogen-bond donors (Lipinski definition) is 2.